The minimum Gasteiger partial charge on any atom is -0.337 e. The quantitative estimate of drug-likeness (QED) is 0.693. The van der Waals surface area contributed by atoms with E-state index in [1.165, 1.54) is 12.8 Å². The molecule has 0 bridgehead atoms. The minimum atomic E-state index is 0. The smallest absolute Gasteiger partial charge is 0.246 e. The van der Waals surface area contributed by atoms with Gasteiger partial charge in [-0.3, -0.25) is 4.79 Å². The lowest BCUT2D eigenvalue weighted by Gasteiger charge is -2.26. The van der Waals surface area contributed by atoms with Crippen LogP contribution in [0.2, 0.25) is 0 Å². The van der Waals surface area contributed by atoms with Crippen molar-refractivity contribution in [3.05, 3.63) is 12.2 Å². The summed E-state index contributed by atoms with van der Waals surface area (Å²) in [6.07, 6.45) is 6.35. The average Bonchev–Trinajstić information content (AvgIpc) is 2.99. The van der Waals surface area contributed by atoms with Crippen LogP contribution in [0.4, 0.5) is 0 Å². The van der Waals surface area contributed by atoms with E-state index in [1.54, 1.807) is 6.08 Å². The van der Waals surface area contributed by atoms with Crippen LogP contribution in [0.1, 0.15) is 12.8 Å². The molecule has 1 amide bonds. The van der Waals surface area contributed by atoms with E-state index in [0.29, 0.717) is 5.92 Å². The van der Waals surface area contributed by atoms with E-state index in [0.717, 1.165) is 26.2 Å². The number of carbonyl (C=O) groups is 1. The maximum atomic E-state index is 11.5. The van der Waals surface area contributed by atoms with Crippen LogP contribution in [-0.2, 0) is 4.79 Å². The highest BCUT2D eigenvalue weighted by atomic mass is 35.5. The molecule has 1 aliphatic heterocycles. The van der Waals surface area contributed by atoms with Crippen molar-refractivity contribution in [2.75, 3.05) is 26.2 Å². The number of halogens is 1. The van der Waals surface area contributed by atoms with Gasteiger partial charge in [0.25, 0.3) is 0 Å². The van der Waals surface area contributed by atoms with Gasteiger partial charge < -0.3 is 10.2 Å². The Bertz CT molecular complexity index is 220. The molecule has 3 nitrogen and oxygen atoms in total. The van der Waals surface area contributed by atoms with Crippen molar-refractivity contribution < 1.29 is 4.79 Å². The van der Waals surface area contributed by atoms with E-state index in [9.17, 15) is 4.79 Å². The number of allylic oxidation sites excluding steroid dienone is 1. The van der Waals surface area contributed by atoms with Crippen LogP contribution in [0.15, 0.2) is 12.2 Å². The highest BCUT2D eigenvalue weighted by Crippen LogP contribution is 2.29. The van der Waals surface area contributed by atoms with Crippen molar-refractivity contribution in [2.24, 2.45) is 5.92 Å². The first-order valence-corrected chi connectivity index (χ1v) is 5.04. The predicted octanol–water partition coefficient (Wildman–Crippen LogP) is 0.806. The number of rotatable bonds is 2. The highest BCUT2D eigenvalue weighted by Gasteiger charge is 2.19. The fourth-order valence-corrected chi connectivity index (χ4v) is 1.50. The van der Waals surface area contributed by atoms with E-state index < -0.39 is 0 Å². The Labute approximate surface area is 90.9 Å². The van der Waals surface area contributed by atoms with Crippen LogP contribution in [0, 0.1) is 5.92 Å². The molecule has 80 valence electrons. The maximum Gasteiger partial charge on any atom is 0.246 e. The molecule has 4 heteroatoms. The van der Waals surface area contributed by atoms with Gasteiger partial charge in [0.1, 0.15) is 0 Å². The second-order valence-electron chi connectivity index (χ2n) is 3.77. The monoisotopic (exact) mass is 216 g/mol. The topological polar surface area (TPSA) is 32.3 Å². The Morgan fingerprint density at radius 2 is 1.93 bits per heavy atom. The Morgan fingerprint density at radius 1 is 1.29 bits per heavy atom. The van der Waals surface area contributed by atoms with Gasteiger partial charge in [0.15, 0.2) is 0 Å². The van der Waals surface area contributed by atoms with Crippen LogP contribution in [-0.4, -0.2) is 37.0 Å². The van der Waals surface area contributed by atoms with E-state index >= 15 is 0 Å². The zero-order chi connectivity index (χ0) is 9.10. The fraction of sp³-hybridized carbons (Fsp3) is 0.700. The number of amides is 1. The summed E-state index contributed by atoms with van der Waals surface area (Å²) in [5, 5.41) is 3.23. The number of hydrogen-bond donors (Lipinski definition) is 1. The Morgan fingerprint density at radius 3 is 2.50 bits per heavy atom. The summed E-state index contributed by atoms with van der Waals surface area (Å²) in [6, 6.07) is 0. The van der Waals surface area contributed by atoms with Gasteiger partial charge in [-0.25, -0.2) is 0 Å². The number of nitrogens with zero attached hydrogens (tertiary/aromatic N) is 1. The number of carbonyl (C=O) groups excluding carboxylic acids is 1. The molecule has 0 unspecified atom stereocenters. The van der Waals surface area contributed by atoms with Gasteiger partial charge >= 0.3 is 0 Å². The number of hydrogen-bond acceptors (Lipinski definition) is 2. The average molecular weight is 217 g/mol. The Balaban J connectivity index is 0.000000980. The van der Waals surface area contributed by atoms with Crippen LogP contribution >= 0.6 is 12.4 Å². The van der Waals surface area contributed by atoms with Crippen molar-refractivity contribution in [3.8, 4) is 0 Å². The van der Waals surface area contributed by atoms with Crippen LogP contribution in [0.25, 0.3) is 0 Å². The minimum absolute atomic E-state index is 0. The molecule has 0 radical (unpaired) electrons. The van der Waals surface area contributed by atoms with Gasteiger partial charge in [0.2, 0.25) is 5.91 Å². The molecule has 2 fully saturated rings. The molecular weight excluding hydrogens is 200 g/mol. The molecule has 1 saturated heterocycles. The van der Waals surface area contributed by atoms with E-state index in [-0.39, 0.29) is 18.3 Å². The lowest BCUT2D eigenvalue weighted by molar-refractivity contribution is -0.126. The second kappa shape index (κ2) is 5.37. The summed E-state index contributed by atoms with van der Waals surface area (Å²) in [5.74, 6) is 0.889. The second-order valence-corrected chi connectivity index (χ2v) is 3.77. The van der Waals surface area contributed by atoms with Crippen LogP contribution in [0.3, 0.4) is 0 Å². The normalized spacial score (nSPS) is 22.1. The lowest BCUT2D eigenvalue weighted by atomic mass is 10.3. The molecular formula is C10H17ClN2O. The number of nitrogens with one attached hydrogen (secondary N) is 1. The molecule has 0 aromatic rings. The summed E-state index contributed by atoms with van der Waals surface area (Å²) in [6.45, 7) is 3.58. The molecule has 0 aromatic heterocycles. The van der Waals surface area contributed by atoms with Gasteiger partial charge in [-0.05, 0) is 24.8 Å². The largest absolute Gasteiger partial charge is 0.337 e. The summed E-state index contributed by atoms with van der Waals surface area (Å²) >= 11 is 0. The van der Waals surface area contributed by atoms with Gasteiger partial charge in [-0.1, -0.05) is 6.08 Å². The van der Waals surface area contributed by atoms with Crippen molar-refractivity contribution in [1.82, 2.24) is 10.2 Å². The third kappa shape index (κ3) is 3.31. The molecule has 1 N–H and O–H groups in total. The first-order chi connectivity index (χ1) is 6.36. The van der Waals surface area contributed by atoms with Crippen molar-refractivity contribution in [3.63, 3.8) is 0 Å². The van der Waals surface area contributed by atoms with Crippen molar-refractivity contribution >= 4 is 18.3 Å². The first-order valence-electron chi connectivity index (χ1n) is 5.04. The predicted molar refractivity (Wildman–Crippen MR) is 58.6 cm³/mol. The molecule has 0 atom stereocenters. The fourth-order valence-electron chi connectivity index (χ4n) is 1.50. The van der Waals surface area contributed by atoms with E-state index in [2.05, 4.69) is 11.4 Å². The molecule has 1 aliphatic carbocycles. The number of piperazine rings is 1. The van der Waals surface area contributed by atoms with E-state index in [1.807, 2.05) is 4.90 Å². The van der Waals surface area contributed by atoms with Gasteiger partial charge in [0.05, 0.1) is 0 Å². The van der Waals surface area contributed by atoms with E-state index in [4.69, 9.17) is 0 Å². The van der Waals surface area contributed by atoms with Crippen LogP contribution < -0.4 is 5.32 Å². The van der Waals surface area contributed by atoms with Crippen LogP contribution in [0.5, 0.6) is 0 Å². The summed E-state index contributed by atoms with van der Waals surface area (Å²) in [5.41, 5.74) is 0. The summed E-state index contributed by atoms with van der Waals surface area (Å²) in [4.78, 5) is 13.5. The molecule has 1 saturated carbocycles. The molecule has 2 aliphatic rings. The first kappa shape index (κ1) is 11.5. The highest BCUT2D eigenvalue weighted by molar-refractivity contribution is 5.87. The van der Waals surface area contributed by atoms with Gasteiger partial charge in [-0.2, -0.15) is 0 Å². The third-order valence-electron chi connectivity index (χ3n) is 2.56. The SMILES string of the molecule is Cl.O=C(C=CC1CC1)N1CCNCC1. The standard InChI is InChI=1S/C10H16N2O.ClH/c13-10(4-3-9-1-2-9)12-7-5-11-6-8-12;/h3-4,9,11H,1-2,5-8H2;1H. The molecule has 14 heavy (non-hydrogen) atoms. The molecule has 0 spiro atoms. The molecule has 1 heterocycles. The third-order valence-corrected chi connectivity index (χ3v) is 2.56. The zero-order valence-corrected chi connectivity index (χ0v) is 9.05. The Hall–Kier alpha value is -0.540. The maximum absolute atomic E-state index is 11.5. The molecule has 2 rings (SSSR count). The summed E-state index contributed by atoms with van der Waals surface area (Å²) < 4.78 is 0. The lowest BCUT2D eigenvalue weighted by Crippen LogP contribution is -2.45. The van der Waals surface area contributed by atoms with Gasteiger partial charge in [0, 0.05) is 26.2 Å². The van der Waals surface area contributed by atoms with Gasteiger partial charge in [-0.15, -0.1) is 12.4 Å². The summed E-state index contributed by atoms with van der Waals surface area (Å²) in [7, 11) is 0. The van der Waals surface area contributed by atoms with Crippen molar-refractivity contribution in [2.45, 2.75) is 12.8 Å². The zero-order valence-electron chi connectivity index (χ0n) is 8.24. The molecule has 0 aromatic carbocycles. The van der Waals surface area contributed by atoms with Crippen molar-refractivity contribution in [1.29, 1.82) is 0 Å². The Kier molecular flexibility index (Phi) is 4.42.